The highest BCUT2D eigenvalue weighted by Gasteiger charge is 2.39. The van der Waals surface area contributed by atoms with E-state index in [1.54, 1.807) is 0 Å². The van der Waals surface area contributed by atoms with Gasteiger partial charge in [-0.1, -0.05) is 30.3 Å². The molecule has 0 radical (unpaired) electrons. The normalized spacial score (nSPS) is 25.4. The van der Waals surface area contributed by atoms with Crippen molar-refractivity contribution in [3.8, 4) is 0 Å². The number of aryl methyl sites for hydroxylation is 1. The van der Waals surface area contributed by atoms with Crippen LogP contribution in [0.15, 0.2) is 30.3 Å². The number of benzene rings is 1. The van der Waals surface area contributed by atoms with E-state index >= 15 is 0 Å². The number of aromatic nitrogens is 2. The number of hydrogen-bond acceptors (Lipinski definition) is 5. The molecular weight excluding hydrogens is 380 g/mol. The highest BCUT2D eigenvalue weighted by atomic mass is 16.5. The molecule has 3 heterocycles. The van der Waals surface area contributed by atoms with Gasteiger partial charge in [-0.3, -0.25) is 9.89 Å². The second kappa shape index (κ2) is 8.49. The maximum Gasteiger partial charge on any atom is 0.275 e. The third-order valence-corrected chi connectivity index (χ3v) is 6.76. The number of H-pyrrole nitrogens is 1. The molecule has 7 nitrogen and oxygen atoms in total. The highest BCUT2D eigenvalue weighted by Crippen LogP contribution is 2.33. The van der Waals surface area contributed by atoms with E-state index in [0.29, 0.717) is 18.8 Å². The van der Waals surface area contributed by atoms with E-state index in [2.05, 4.69) is 27.2 Å². The Morgan fingerprint density at radius 2 is 1.97 bits per heavy atom. The molecule has 160 valence electrons. The van der Waals surface area contributed by atoms with Gasteiger partial charge in [0.2, 0.25) is 0 Å². The van der Waals surface area contributed by atoms with E-state index in [1.165, 1.54) is 0 Å². The number of nitrogens with zero attached hydrogens (tertiary/aromatic N) is 3. The van der Waals surface area contributed by atoms with Crippen molar-refractivity contribution < 1.29 is 14.6 Å². The van der Waals surface area contributed by atoms with Crippen molar-refractivity contribution in [1.82, 2.24) is 20.0 Å². The number of aromatic amines is 1. The number of likely N-dealkylation sites (tertiary alicyclic amines) is 1. The van der Waals surface area contributed by atoms with E-state index in [0.717, 1.165) is 68.6 Å². The lowest BCUT2D eigenvalue weighted by molar-refractivity contribution is -0.0772. The van der Waals surface area contributed by atoms with Gasteiger partial charge >= 0.3 is 0 Å². The van der Waals surface area contributed by atoms with Crippen molar-refractivity contribution in [2.24, 2.45) is 0 Å². The standard InChI is InChI=1S/C23H30N4O3/c28-17-9-11-26(12-10-17)15-20-22(16-5-2-1-3-6-16)27(13-14-30-20)23(29)21-18-7-4-8-19(18)24-25-21/h1-3,5-6,17,20,22,28H,4,7-15H2,(H,24,25)/t20-,22-/m0/s1. The molecule has 2 N–H and O–H groups in total. The summed E-state index contributed by atoms with van der Waals surface area (Å²) in [4.78, 5) is 18.0. The monoisotopic (exact) mass is 410 g/mol. The topological polar surface area (TPSA) is 81.7 Å². The third-order valence-electron chi connectivity index (χ3n) is 6.76. The number of rotatable bonds is 4. The molecule has 30 heavy (non-hydrogen) atoms. The van der Waals surface area contributed by atoms with Crippen LogP contribution < -0.4 is 0 Å². The van der Waals surface area contributed by atoms with Crippen LogP contribution in [0.1, 0.15) is 52.6 Å². The molecule has 1 amide bonds. The van der Waals surface area contributed by atoms with E-state index < -0.39 is 0 Å². The Morgan fingerprint density at radius 3 is 2.77 bits per heavy atom. The highest BCUT2D eigenvalue weighted by molar-refractivity contribution is 5.94. The Kier molecular flexibility index (Phi) is 5.58. The first-order chi connectivity index (χ1) is 14.7. The Labute approximate surface area is 177 Å². The number of ether oxygens (including phenoxy) is 1. The lowest BCUT2D eigenvalue weighted by Gasteiger charge is -2.43. The van der Waals surface area contributed by atoms with Crippen LogP contribution in [0.3, 0.4) is 0 Å². The first-order valence-corrected chi connectivity index (χ1v) is 11.1. The zero-order chi connectivity index (χ0) is 20.5. The van der Waals surface area contributed by atoms with Crippen molar-refractivity contribution >= 4 is 5.91 Å². The Bertz CT molecular complexity index is 876. The number of carbonyl (C=O) groups is 1. The van der Waals surface area contributed by atoms with Crippen LogP contribution in [0, 0.1) is 0 Å². The number of carbonyl (C=O) groups excluding carboxylic acids is 1. The molecule has 2 atom stereocenters. The van der Waals surface area contributed by atoms with Crippen LogP contribution >= 0.6 is 0 Å². The second-order valence-corrected chi connectivity index (χ2v) is 8.68. The molecule has 3 aliphatic rings. The van der Waals surface area contributed by atoms with Gasteiger partial charge in [0.05, 0.1) is 24.9 Å². The average Bonchev–Trinajstić information content (AvgIpc) is 3.39. The first-order valence-electron chi connectivity index (χ1n) is 11.1. The maximum absolute atomic E-state index is 13.6. The van der Waals surface area contributed by atoms with E-state index in [4.69, 9.17) is 4.74 Å². The summed E-state index contributed by atoms with van der Waals surface area (Å²) < 4.78 is 6.24. The van der Waals surface area contributed by atoms with Crippen molar-refractivity contribution in [2.45, 2.75) is 50.4 Å². The number of amides is 1. The van der Waals surface area contributed by atoms with Gasteiger partial charge in [0.25, 0.3) is 5.91 Å². The van der Waals surface area contributed by atoms with E-state index in [9.17, 15) is 9.90 Å². The summed E-state index contributed by atoms with van der Waals surface area (Å²) in [6, 6.07) is 10.1. The smallest absolute Gasteiger partial charge is 0.275 e. The molecule has 0 spiro atoms. The van der Waals surface area contributed by atoms with Gasteiger partial charge in [-0.05, 0) is 37.7 Å². The van der Waals surface area contributed by atoms with Crippen LogP contribution in [0.4, 0.5) is 0 Å². The molecule has 2 aromatic rings. The summed E-state index contributed by atoms with van der Waals surface area (Å²) in [5.74, 6) is 0.00520. The Balaban J connectivity index is 1.42. The van der Waals surface area contributed by atoms with Crippen LogP contribution in [0.25, 0.3) is 0 Å². The predicted molar refractivity (Wildman–Crippen MR) is 112 cm³/mol. The number of aliphatic hydroxyl groups is 1. The van der Waals surface area contributed by atoms with Crippen molar-refractivity contribution in [3.05, 3.63) is 52.8 Å². The second-order valence-electron chi connectivity index (χ2n) is 8.68. The zero-order valence-electron chi connectivity index (χ0n) is 17.3. The van der Waals surface area contributed by atoms with Crippen LogP contribution in [0.5, 0.6) is 0 Å². The molecule has 5 rings (SSSR count). The van der Waals surface area contributed by atoms with Crippen LogP contribution in [-0.4, -0.2) is 76.0 Å². The minimum atomic E-state index is -0.196. The lowest BCUT2D eigenvalue weighted by Crippen LogP contribution is -2.53. The van der Waals surface area contributed by atoms with Gasteiger partial charge in [-0.15, -0.1) is 0 Å². The number of morpholine rings is 1. The van der Waals surface area contributed by atoms with Gasteiger partial charge in [-0.25, -0.2) is 0 Å². The van der Waals surface area contributed by atoms with Gasteiger partial charge in [0.15, 0.2) is 5.69 Å². The zero-order valence-corrected chi connectivity index (χ0v) is 17.3. The van der Waals surface area contributed by atoms with E-state index in [1.807, 2.05) is 23.1 Å². The Morgan fingerprint density at radius 1 is 1.17 bits per heavy atom. The molecule has 1 aromatic heterocycles. The lowest BCUT2D eigenvalue weighted by atomic mass is 9.96. The maximum atomic E-state index is 13.6. The number of hydrogen-bond donors (Lipinski definition) is 2. The van der Waals surface area contributed by atoms with Crippen molar-refractivity contribution in [3.63, 3.8) is 0 Å². The van der Waals surface area contributed by atoms with E-state index in [-0.39, 0.29) is 24.2 Å². The van der Waals surface area contributed by atoms with Crippen LogP contribution in [-0.2, 0) is 17.6 Å². The number of aliphatic hydroxyl groups excluding tert-OH is 1. The third kappa shape index (κ3) is 3.77. The summed E-state index contributed by atoms with van der Waals surface area (Å²) in [7, 11) is 0. The predicted octanol–water partition coefficient (Wildman–Crippen LogP) is 1.94. The molecular formula is C23H30N4O3. The fraction of sp³-hybridized carbons (Fsp3) is 0.565. The molecule has 0 bridgehead atoms. The minimum Gasteiger partial charge on any atom is -0.393 e. The van der Waals surface area contributed by atoms with Crippen molar-refractivity contribution in [2.75, 3.05) is 32.8 Å². The fourth-order valence-electron chi connectivity index (χ4n) is 5.15. The van der Waals surface area contributed by atoms with Crippen LogP contribution in [0.2, 0.25) is 0 Å². The molecule has 2 aliphatic heterocycles. The number of fused-ring (bicyclic) bond motifs is 1. The summed E-state index contributed by atoms with van der Waals surface area (Å²) in [6.07, 6.45) is 4.27. The van der Waals surface area contributed by atoms with Gasteiger partial charge in [0, 0.05) is 37.4 Å². The molecule has 1 aromatic carbocycles. The fourth-order valence-corrected chi connectivity index (χ4v) is 5.15. The average molecular weight is 411 g/mol. The largest absolute Gasteiger partial charge is 0.393 e. The first kappa shape index (κ1) is 19.7. The summed E-state index contributed by atoms with van der Waals surface area (Å²) in [5, 5.41) is 17.3. The molecule has 7 heteroatoms. The van der Waals surface area contributed by atoms with Gasteiger partial charge in [-0.2, -0.15) is 5.10 Å². The summed E-state index contributed by atoms with van der Waals surface area (Å²) in [6.45, 7) is 3.58. The summed E-state index contributed by atoms with van der Waals surface area (Å²) in [5.41, 5.74) is 3.90. The van der Waals surface area contributed by atoms with Gasteiger partial charge < -0.3 is 19.6 Å². The summed E-state index contributed by atoms with van der Waals surface area (Å²) >= 11 is 0. The molecule has 2 fully saturated rings. The number of nitrogens with one attached hydrogen (secondary N) is 1. The quantitative estimate of drug-likeness (QED) is 0.805. The molecule has 0 saturated carbocycles. The molecule has 2 saturated heterocycles. The molecule has 0 unspecified atom stereocenters. The number of piperidine rings is 1. The van der Waals surface area contributed by atoms with Crippen molar-refractivity contribution in [1.29, 1.82) is 0 Å². The SMILES string of the molecule is O=C(c1n[nH]c2c1CCC2)N1CCO[C@@H](CN2CCC(O)CC2)[C@@H]1c1ccccc1. The molecule has 1 aliphatic carbocycles. The Hall–Kier alpha value is -2.22. The van der Waals surface area contributed by atoms with Gasteiger partial charge in [0.1, 0.15) is 0 Å². The minimum absolute atomic E-state index is 0.00520.